The van der Waals surface area contributed by atoms with Crippen LogP contribution in [0.3, 0.4) is 0 Å². The highest BCUT2D eigenvalue weighted by Gasteiger charge is 2.37. The van der Waals surface area contributed by atoms with Gasteiger partial charge in [0.1, 0.15) is 16.5 Å². The molecular weight excluding hydrogens is 384 g/mol. The summed E-state index contributed by atoms with van der Waals surface area (Å²) in [6, 6.07) is 18.0. The number of hydrogen-bond donors (Lipinski definition) is 1. The number of amides is 1. The van der Waals surface area contributed by atoms with Crippen LogP contribution in [0.5, 0.6) is 5.75 Å². The summed E-state index contributed by atoms with van der Waals surface area (Å²) < 4.78 is 11.2. The number of nitrogens with one attached hydrogen (secondary N) is 1. The zero-order chi connectivity index (χ0) is 20.1. The maximum Gasteiger partial charge on any atom is 0.270 e. The fourth-order valence-corrected chi connectivity index (χ4v) is 4.62. The minimum atomic E-state index is -0.210. The number of carbonyl (C=O) groups is 1. The molecule has 3 aromatic rings. The van der Waals surface area contributed by atoms with Gasteiger partial charge in [0.15, 0.2) is 0 Å². The minimum Gasteiger partial charge on any atom is -0.496 e. The van der Waals surface area contributed by atoms with E-state index in [0.717, 1.165) is 34.7 Å². The first-order valence-corrected chi connectivity index (χ1v) is 10.6. The Morgan fingerprint density at radius 2 is 1.86 bits per heavy atom. The van der Waals surface area contributed by atoms with Crippen LogP contribution in [0.25, 0.3) is 10.6 Å². The lowest BCUT2D eigenvalue weighted by atomic mass is 9.73. The molecule has 2 heterocycles. The first kappa shape index (κ1) is 19.6. The van der Waals surface area contributed by atoms with Crippen molar-refractivity contribution in [2.75, 3.05) is 26.9 Å². The maximum absolute atomic E-state index is 12.8. The van der Waals surface area contributed by atoms with E-state index >= 15 is 0 Å². The van der Waals surface area contributed by atoms with Crippen molar-refractivity contribution in [1.29, 1.82) is 0 Å². The molecule has 0 saturated carbocycles. The lowest BCUT2D eigenvalue weighted by Gasteiger charge is -2.38. The smallest absolute Gasteiger partial charge is 0.270 e. The molecule has 1 aliphatic heterocycles. The fourth-order valence-electron chi connectivity index (χ4n) is 3.82. The summed E-state index contributed by atoms with van der Waals surface area (Å²) in [4.78, 5) is 17.4. The predicted octanol–water partition coefficient (Wildman–Crippen LogP) is 4.30. The van der Waals surface area contributed by atoms with Crippen LogP contribution in [0.2, 0.25) is 0 Å². The van der Waals surface area contributed by atoms with Gasteiger partial charge in [0.25, 0.3) is 5.91 Å². The fraction of sp³-hybridized carbons (Fsp3) is 0.304. The zero-order valence-corrected chi connectivity index (χ0v) is 17.2. The Labute approximate surface area is 174 Å². The molecule has 150 valence electrons. The van der Waals surface area contributed by atoms with Gasteiger partial charge >= 0.3 is 0 Å². The van der Waals surface area contributed by atoms with Gasteiger partial charge in [0.2, 0.25) is 0 Å². The Morgan fingerprint density at radius 1 is 1.14 bits per heavy atom. The Balaban J connectivity index is 1.52. The molecule has 1 saturated heterocycles. The largest absolute Gasteiger partial charge is 0.496 e. The summed E-state index contributed by atoms with van der Waals surface area (Å²) >= 11 is 1.48. The van der Waals surface area contributed by atoms with Crippen molar-refractivity contribution in [3.05, 3.63) is 71.2 Å². The standard InChI is InChI=1S/C23H24N2O3S/c1-27-20-10-6-5-9-18(20)23(11-13-28-14-12-23)16-24-21(26)19-15-29-22(25-19)17-7-3-2-4-8-17/h2-10,15H,11-14,16H2,1H3,(H,24,26). The van der Waals surface area contributed by atoms with E-state index in [9.17, 15) is 4.79 Å². The highest BCUT2D eigenvalue weighted by Crippen LogP contribution is 2.39. The molecule has 1 N–H and O–H groups in total. The predicted molar refractivity (Wildman–Crippen MR) is 115 cm³/mol. The minimum absolute atomic E-state index is 0.149. The quantitative estimate of drug-likeness (QED) is 0.661. The lowest BCUT2D eigenvalue weighted by Crippen LogP contribution is -2.44. The molecule has 0 radical (unpaired) electrons. The molecule has 0 atom stereocenters. The molecular formula is C23H24N2O3S. The number of thiazole rings is 1. The Kier molecular flexibility index (Phi) is 5.92. The summed E-state index contributed by atoms with van der Waals surface area (Å²) in [5.41, 5.74) is 2.38. The molecule has 5 nitrogen and oxygen atoms in total. The molecule has 2 aromatic carbocycles. The zero-order valence-electron chi connectivity index (χ0n) is 16.4. The van der Waals surface area contributed by atoms with Gasteiger partial charge in [-0.25, -0.2) is 4.98 Å². The van der Waals surface area contributed by atoms with Crippen molar-refractivity contribution in [1.82, 2.24) is 10.3 Å². The summed E-state index contributed by atoms with van der Waals surface area (Å²) in [5.74, 6) is 0.702. The molecule has 1 aromatic heterocycles. The first-order valence-electron chi connectivity index (χ1n) is 9.72. The molecule has 1 amide bonds. The van der Waals surface area contributed by atoms with E-state index in [1.807, 2.05) is 53.9 Å². The SMILES string of the molecule is COc1ccccc1C1(CNC(=O)c2csc(-c3ccccc3)n2)CCOCC1. The number of nitrogens with zero attached hydrogens (tertiary/aromatic N) is 1. The van der Waals surface area contributed by atoms with Gasteiger partial charge < -0.3 is 14.8 Å². The second-order valence-electron chi connectivity index (χ2n) is 7.18. The van der Waals surface area contributed by atoms with E-state index in [4.69, 9.17) is 9.47 Å². The summed E-state index contributed by atoms with van der Waals surface area (Å²) in [6.45, 7) is 1.86. The molecule has 6 heteroatoms. The van der Waals surface area contributed by atoms with E-state index in [1.165, 1.54) is 11.3 Å². The van der Waals surface area contributed by atoms with Crippen molar-refractivity contribution in [2.45, 2.75) is 18.3 Å². The van der Waals surface area contributed by atoms with Crippen molar-refractivity contribution in [2.24, 2.45) is 0 Å². The van der Waals surface area contributed by atoms with Gasteiger partial charge in [-0.3, -0.25) is 4.79 Å². The average Bonchev–Trinajstić information content (AvgIpc) is 3.29. The Morgan fingerprint density at radius 3 is 2.62 bits per heavy atom. The van der Waals surface area contributed by atoms with Gasteiger partial charge in [-0.05, 0) is 18.9 Å². The van der Waals surface area contributed by atoms with Crippen LogP contribution in [0.1, 0.15) is 28.9 Å². The summed E-state index contributed by atoms with van der Waals surface area (Å²) in [7, 11) is 1.69. The normalized spacial score (nSPS) is 15.6. The third-order valence-corrected chi connectivity index (χ3v) is 6.36. The monoisotopic (exact) mass is 408 g/mol. The number of benzene rings is 2. The van der Waals surface area contributed by atoms with Gasteiger partial charge in [-0.2, -0.15) is 0 Å². The van der Waals surface area contributed by atoms with E-state index in [-0.39, 0.29) is 11.3 Å². The second kappa shape index (κ2) is 8.76. The van der Waals surface area contributed by atoms with Crippen LogP contribution in [-0.4, -0.2) is 37.8 Å². The molecule has 29 heavy (non-hydrogen) atoms. The molecule has 0 spiro atoms. The highest BCUT2D eigenvalue weighted by atomic mass is 32.1. The van der Waals surface area contributed by atoms with Crippen LogP contribution in [0.15, 0.2) is 60.0 Å². The average molecular weight is 409 g/mol. The van der Waals surface area contributed by atoms with E-state index in [1.54, 1.807) is 7.11 Å². The first-order chi connectivity index (χ1) is 14.2. The van der Waals surface area contributed by atoms with Gasteiger partial charge in [0.05, 0.1) is 7.11 Å². The van der Waals surface area contributed by atoms with Gasteiger partial charge in [-0.15, -0.1) is 11.3 Å². The summed E-state index contributed by atoms with van der Waals surface area (Å²) in [6.07, 6.45) is 1.67. The number of methoxy groups -OCH3 is 1. The van der Waals surface area contributed by atoms with Crippen molar-refractivity contribution in [3.8, 4) is 16.3 Å². The Bertz CT molecular complexity index is 965. The van der Waals surface area contributed by atoms with E-state index in [0.29, 0.717) is 25.5 Å². The van der Waals surface area contributed by atoms with E-state index in [2.05, 4.69) is 16.4 Å². The van der Waals surface area contributed by atoms with Crippen LogP contribution in [0.4, 0.5) is 0 Å². The van der Waals surface area contributed by atoms with E-state index < -0.39 is 0 Å². The van der Waals surface area contributed by atoms with Crippen LogP contribution < -0.4 is 10.1 Å². The van der Waals surface area contributed by atoms with Crippen LogP contribution in [-0.2, 0) is 10.2 Å². The molecule has 0 unspecified atom stereocenters. The molecule has 0 aliphatic carbocycles. The summed E-state index contributed by atoms with van der Waals surface area (Å²) in [5, 5.41) is 5.78. The molecule has 4 rings (SSSR count). The topological polar surface area (TPSA) is 60.5 Å². The highest BCUT2D eigenvalue weighted by molar-refractivity contribution is 7.13. The molecule has 1 aliphatic rings. The van der Waals surface area contributed by atoms with Crippen LogP contribution in [0, 0.1) is 0 Å². The maximum atomic E-state index is 12.8. The second-order valence-corrected chi connectivity index (χ2v) is 8.04. The number of hydrogen-bond acceptors (Lipinski definition) is 5. The third kappa shape index (κ3) is 4.18. The molecule has 1 fully saturated rings. The molecule has 0 bridgehead atoms. The third-order valence-electron chi connectivity index (χ3n) is 5.47. The number of para-hydroxylation sites is 1. The van der Waals surface area contributed by atoms with Gasteiger partial charge in [0, 0.05) is 41.7 Å². The number of carbonyl (C=O) groups excluding carboxylic acids is 1. The number of ether oxygens (including phenoxy) is 2. The number of aromatic nitrogens is 1. The Hall–Kier alpha value is -2.70. The lowest BCUT2D eigenvalue weighted by molar-refractivity contribution is 0.0478. The van der Waals surface area contributed by atoms with Crippen LogP contribution >= 0.6 is 11.3 Å². The van der Waals surface area contributed by atoms with Crippen molar-refractivity contribution < 1.29 is 14.3 Å². The van der Waals surface area contributed by atoms with Crippen molar-refractivity contribution in [3.63, 3.8) is 0 Å². The van der Waals surface area contributed by atoms with Crippen molar-refractivity contribution >= 4 is 17.2 Å². The van der Waals surface area contributed by atoms with Gasteiger partial charge in [-0.1, -0.05) is 48.5 Å². The number of rotatable bonds is 6.